The lowest BCUT2D eigenvalue weighted by molar-refractivity contribution is 0.223. The summed E-state index contributed by atoms with van der Waals surface area (Å²) in [6.45, 7) is 0. The molecule has 0 bridgehead atoms. The molecule has 1 aliphatic rings. The van der Waals surface area contributed by atoms with Crippen LogP contribution in [0.2, 0.25) is 0 Å². The van der Waals surface area contributed by atoms with Gasteiger partial charge in [0.25, 0.3) is 6.42 Å². The van der Waals surface area contributed by atoms with E-state index >= 15 is 0 Å². The van der Waals surface area contributed by atoms with Crippen molar-refractivity contribution in [1.29, 1.82) is 0 Å². The monoisotopic (exact) mass is 134 g/mol. The van der Waals surface area contributed by atoms with Gasteiger partial charge in [0.1, 0.15) is 0 Å². The number of rotatable bonds is 0. The predicted octanol–water partition coefficient (Wildman–Crippen LogP) is 1.29. The van der Waals surface area contributed by atoms with Crippen LogP contribution >= 0.6 is 11.8 Å². The lowest BCUT2D eigenvalue weighted by Gasteiger charge is -2.13. The fourth-order valence-electron chi connectivity index (χ4n) is 0.376. The molecule has 1 rings (SSSR count). The van der Waals surface area contributed by atoms with E-state index in [1.54, 1.807) is 6.08 Å². The Bertz CT molecular complexity index is 118. The van der Waals surface area contributed by atoms with Crippen LogP contribution in [-0.4, -0.2) is 17.1 Å². The van der Waals surface area contributed by atoms with Crippen molar-refractivity contribution in [2.45, 2.75) is 6.42 Å². The van der Waals surface area contributed by atoms with Crippen molar-refractivity contribution in [2.75, 3.05) is 0 Å². The molecule has 0 aromatic heterocycles. The Hall–Kier alpha value is -0.570. The fourth-order valence-corrected chi connectivity index (χ4v) is 0.492. The SMILES string of the molecule is FC1N=CC=CN1Cl. The van der Waals surface area contributed by atoms with Gasteiger partial charge < -0.3 is 0 Å². The van der Waals surface area contributed by atoms with Gasteiger partial charge in [-0.15, -0.1) is 0 Å². The first-order valence-corrected chi connectivity index (χ1v) is 2.42. The van der Waals surface area contributed by atoms with Crippen LogP contribution in [0.3, 0.4) is 0 Å². The molecule has 0 aromatic rings. The molecule has 1 aliphatic heterocycles. The second kappa shape index (κ2) is 2.13. The Morgan fingerprint density at radius 3 is 2.88 bits per heavy atom. The van der Waals surface area contributed by atoms with Crippen LogP contribution in [-0.2, 0) is 0 Å². The Balaban J connectivity index is 2.59. The molecular weight excluding hydrogens is 131 g/mol. The lowest BCUT2D eigenvalue weighted by Crippen LogP contribution is -2.16. The average Bonchev–Trinajstić information content (AvgIpc) is 1.77. The molecule has 0 fully saturated rings. The molecule has 0 amide bonds. The number of nitrogens with zero attached hydrogens (tertiary/aromatic N) is 2. The van der Waals surface area contributed by atoms with E-state index < -0.39 is 6.42 Å². The van der Waals surface area contributed by atoms with Gasteiger partial charge in [0, 0.05) is 24.2 Å². The highest BCUT2D eigenvalue weighted by molar-refractivity contribution is 6.14. The van der Waals surface area contributed by atoms with Crippen molar-refractivity contribution < 1.29 is 4.39 Å². The average molecular weight is 135 g/mol. The van der Waals surface area contributed by atoms with E-state index in [2.05, 4.69) is 4.99 Å². The Morgan fingerprint density at radius 1 is 1.75 bits per heavy atom. The highest BCUT2D eigenvalue weighted by Gasteiger charge is 2.09. The molecule has 4 heteroatoms. The number of hydrogen-bond donors (Lipinski definition) is 0. The Kier molecular flexibility index (Phi) is 1.48. The van der Waals surface area contributed by atoms with Crippen LogP contribution in [0, 0.1) is 0 Å². The smallest absolute Gasteiger partial charge is 0.241 e. The third-order valence-corrected chi connectivity index (χ3v) is 1.00. The minimum atomic E-state index is -1.42. The van der Waals surface area contributed by atoms with Crippen molar-refractivity contribution in [3.63, 3.8) is 0 Å². The fraction of sp³-hybridized carbons (Fsp3) is 0.250. The summed E-state index contributed by atoms with van der Waals surface area (Å²) in [5.74, 6) is 0. The van der Waals surface area contributed by atoms with Crippen molar-refractivity contribution in [2.24, 2.45) is 4.99 Å². The van der Waals surface area contributed by atoms with Gasteiger partial charge in [0.05, 0.1) is 0 Å². The summed E-state index contributed by atoms with van der Waals surface area (Å²) in [5, 5.41) is 0. The summed E-state index contributed by atoms with van der Waals surface area (Å²) in [5.41, 5.74) is 0. The summed E-state index contributed by atoms with van der Waals surface area (Å²) in [6, 6.07) is 0. The molecule has 0 saturated heterocycles. The number of hydrogen-bond acceptors (Lipinski definition) is 2. The zero-order chi connectivity index (χ0) is 5.98. The van der Waals surface area contributed by atoms with Crippen molar-refractivity contribution in [1.82, 2.24) is 4.42 Å². The topological polar surface area (TPSA) is 15.6 Å². The molecule has 0 aromatic carbocycles. The number of aliphatic imine (C=N–C) groups is 1. The van der Waals surface area contributed by atoms with Gasteiger partial charge in [-0.05, 0) is 6.08 Å². The van der Waals surface area contributed by atoms with E-state index in [1.807, 2.05) is 0 Å². The maximum absolute atomic E-state index is 12.1. The van der Waals surface area contributed by atoms with Gasteiger partial charge >= 0.3 is 0 Å². The first-order chi connectivity index (χ1) is 3.80. The number of allylic oxidation sites excluding steroid dienone is 1. The van der Waals surface area contributed by atoms with E-state index in [4.69, 9.17) is 11.8 Å². The van der Waals surface area contributed by atoms with Crippen LogP contribution < -0.4 is 0 Å². The largest absolute Gasteiger partial charge is 0.279 e. The zero-order valence-electron chi connectivity index (χ0n) is 3.96. The quantitative estimate of drug-likeness (QED) is 0.360. The minimum Gasteiger partial charge on any atom is -0.241 e. The minimum absolute atomic E-state index is 0.861. The van der Waals surface area contributed by atoms with Gasteiger partial charge in [-0.2, -0.15) is 4.39 Å². The van der Waals surface area contributed by atoms with E-state index in [0.29, 0.717) is 0 Å². The van der Waals surface area contributed by atoms with Crippen molar-refractivity contribution >= 4 is 18.0 Å². The van der Waals surface area contributed by atoms with E-state index in [-0.39, 0.29) is 0 Å². The van der Waals surface area contributed by atoms with Gasteiger partial charge in [0.15, 0.2) is 0 Å². The van der Waals surface area contributed by atoms with E-state index in [0.717, 1.165) is 4.42 Å². The standard InChI is InChI=1S/C4H4ClFN2/c5-8-3-1-2-7-4(8)6/h1-4H. The molecule has 2 nitrogen and oxygen atoms in total. The summed E-state index contributed by atoms with van der Waals surface area (Å²) >= 11 is 5.22. The molecule has 0 aliphatic carbocycles. The van der Waals surface area contributed by atoms with Crippen molar-refractivity contribution in [3.05, 3.63) is 12.3 Å². The molecule has 1 atom stereocenters. The van der Waals surface area contributed by atoms with E-state index in [1.165, 1.54) is 12.4 Å². The van der Waals surface area contributed by atoms with E-state index in [9.17, 15) is 4.39 Å². The van der Waals surface area contributed by atoms with Crippen LogP contribution in [0.5, 0.6) is 0 Å². The maximum Gasteiger partial charge on any atom is 0.279 e. The van der Waals surface area contributed by atoms with Gasteiger partial charge in [-0.3, -0.25) is 0 Å². The normalized spacial score (nSPS) is 26.8. The molecule has 1 heterocycles. The molecule has 0 saturated carbocycles. The molecule has 0 spiro atoms. The highest BCUT2D eigenvalue weighted by atomic mass is 35.5. The third kappa shape index (κ3) is 0.980. The Labute approximate surface area is 51.4 Å². The van der Waals surface area contributed by atoms with Crippen LogP contribution in [0.1, 0.15) is 0 Å². The summed E-state index contributed by atoms with van der Waals surface area (Å²) in [4.78, 5) is 3.33. The summed E-state index contributed by atoms with van der Waals surface area (Å²) < 4.78 is 13.0. The summed E-state index contributed by atoms with van der Waals surface area (Å²) in [6.07, 6.45) is 2.91. The molecule has 0 radical (unpaired) electrons. The van der Waals surface area contributed by atoms with Gasteiger partial charge in [-0.25, -0.2) is 9.41 Å². The number of halogens is 2. The van der Waals surface area contributed by atoms with Crippen molar-refractivity contribution in [3.8, 4) is 0 Å². The third-order valence-electron chi connectivity index (χ3n) is 0.727. The number of alkyl halides is 1. The molecule has 0 N–H and O–H groups in total. The maximum atomic E-state index is 12.1. The van der Waals surface area contributed by atoms with Crippen LogP contribution in [0.4, 0.5) is 4.39 Å². The predicted molar refractivity (Wildman–Crippen MR) is 30.2 cm³/mol. The first kappa shape index (κ1) is 5.56. The van der Waals surface area contributed by atoms with Crippen LogP contribution in [0.15, 0.2) is 17.3 Å². The molecular formula is C4H4ClFN2. The second-order valence-electron chi connectivity index (χ2n) is 1.29. The first-order valence-electron chi connectivity index (χ1n) is 2.09. The molecule has 44 valence electrons. The molecule has 1 unspecified atom stereocenters. The zero-order valence-corrected chi connectivity index (χ0v) is 4.72. The van der Waals surface area contributed by atoms with Gasteiger partial charge in [-0.1, -0.05) is 0 Å². The Morgan fingerprint density at radius 2 is 2.50 bits per heavy atom. The highest BCUT2D eigenvalue weighted by Crippen LogP contribution is 2.08. The molecule has 8 heavy (non-hydrogen) atoms. The lowest BCUT2D eigenvalue weighted by atomic mass is 10.6. The van der Waals surface area contributed by atoms with Crippen LogP contribution in [0.25, 0.3) is 0 Å². The summed E-state index contributed by atoms with van der Waals surface area (Å²) in [7, 11) is 0. The van der Waals surface area contributed by atoms with Gasteiger partial charge in [0.2, 0.25) is 0 Å². The second-order valence-corrected chi connectivity index (χ2v) is 1.68.